The normalized spacial score (nSPS) is 30.7. The molecule has 1 saturated carbocycles. The molecule has 3 heteroatoms. The lowest BCUT2D eigenvalue weighted by atomic mass is 9.72. The lowest BCUT2D eigenvalue weighted by Crippen LogP contribution is -2.45. The van der Waals surface area contributed by atoms with E-state index in [2.05, 4.69) is 66.0 Å². The van der Waals surface area contributed by atoms with Crippen LogP contribution in [0, 0.1) is 17.8 Å². The molecule has 1 aromatic carbocycles. The number of rotatable bonds is 4. The maximum absolute atomic E-state index is 6.40. The first-order chi connectivity index (χ1) is 9.47. The van der Waals surface area contributed by atoms with E-state index in [9.17, 15) is 0 Å². The molecule has 0 heterocycles. The molecule has 4 atom stereocenters. The quantitative estimate of drug-likeness (QED) is 0.902. The summed E-state index contributed by atoms with van der Waals surface area (Å²) in [6.45, 7) is 6.77. The fourth-order valence-electron chi connectivity index (χ4n) is 3.62. The van der Waals surface area contributed by atoms with E-state index in [-0.39, 0.29) is 0 Å². The maximum Gasteiger partial charge on any atom is 0.0242 e. The monoisotopic (exact) mass is 338 g/mol. The van der Waals surface area contributed by atoms with Crippen LogP contribution < -0.4 is 5.73 Å². The Kier molecular flexibility index (Phi) is 5.65. The molecule has 2 nitrogen and oxygen atoms in total. The van der Waals surface area contributed by atoms with Crippen LogP contribution in [0.5, 0.6) is 0 Å². The third-order valence-corrected chi connectivity index (χ3v) is 5.42. The predicted molar refractivity (Wildman–Crippen MR) is 89.5 cm³/mol. The van der Waals surface area contributed by atoms with Gasteiger partial charge in [-0.25, -0.2) is 0 Å². The summed E-state index contributed by atoms with van der Waals surface area (Å²) >= 11 is 3.63. The zero-order valence-electron chi connectivity index (χ0n) is 12.8. The first-order valence-corrected chi connectivity index (χ1v) is 8.44. The SMILES string of the molecule is CC1CC(C)C(CN(C)Cc2ccccc2Br)C(N)C1. The molecule has 0 spiro atoms. The molecular formula is C17H27BrN2. The molecule has 0 aliphatic heterocycles. The minimum absolute atomic E-state index is 0.357. The molecule has 1 aliphatic rings. The van der Waals surface area contributed by atoms with Crippen LogP contribution in [0.4, 0.5) is 0 Å². The molecule has 0 radical (unpaired) electrons. The molecule has 112 valence electrons. The molecule has 0 saturated heterocycles. The predicted octanol–water partition coefficient (Wildman–Crippen LogP) is 3.89. The summed E-state index contributed by atoms with van der Waals surface area (Å²) in [5.74, 6) is 2.14. The second-order valence-corrected chi connectivity index (χ2v) is 7.52. The minimum atomic E-state index is 0.357. The molecule has 2 rings (SSSR count). The van der Waals surface area contributed by atoms with Gasteiger partial charge in [0.2, 0.25) is 0 Å². The van der Waals surface area contributed by atoms with Crippen molar-refractivity contribution in [2.24, 2.45) is 23.5 Å². The van der Waals surface area contributed by atoms with Gasteiger partial charge in [-0.15, -0.1) is 0 Å². The van der Waals surface area contributed by atoms with Gasteiger partial charge in [-0.1, -0.05) is 48.0 Å². The van der Waals surface area contributed by atoms with Crippen molar-refractivity contribution < 1.29 is 0 Å². The van der Waals surface area contributed by atoms with Crippen LogP contribution in [-0.4, -0.2) is 24.5 Å². The van der Waals surface area contributed by atoms with Crippen LogP contribution in [0.3, 0.4) is 0 Å². The van der Waals surface area contributed by atoms with E-state index in [1.54, 1.807) is 0 Å². The van der Waals surface area contributed by atoms with Gasteiger partial charge in [0.05, 0.1) is 0 Å². The zero-order valence-corrected chi connectivity index (χ0v) is 14.4. The van der Waals surface area contributed by atoms with Crippen molar-refractivity contribution in [3.63, 3.8) is 0 Å². The Morgan fingerprint density at radius 2 is 1.95 bits per heavy atom. The second kappa shape index (κ2) is 7.06. The minimum Gasteiger partial charge on any atom is -0.327 e. The van der Waals surface area contributed by atoms with Crippen LogP contribution in [0.1, 0.15) is 32.3 Å². The Bertz CT molecular complexity index is 423. The largest absolute Gasteiger partial charge is 0.327 e. The van der Waals surface area contributed by atoms with Gasteiger partial charge in [-0.05, 0) is 49.3 Å². The summed E-state index contributed by atoms with van der Waals surface area (Å²) in [7, 11) is 2.21. The van der Waals surface area contributed by atoms with Crippen molar-refractivity contribution in [2.75, 3.05) is 13.6 Å². The average Bonchev–Trinajstić information content (AvgIpc) is 2.36. The van der Waals surface area contributed by atoms with Gasteiger partial charge >= 0.3 is 0 Å². The Morgan fingerprint density at radius 3 is 2.60 bits per heavy atom. The van der Waals surface area contributed by atoms with Crippen LogP contribution in [-0.2, 0) is 6.54 Å². The molecule has 1 aromatic rings. The highest BCUT2D eigenvalue weighted by atomic mass is 79.9. The first kappa shape index (κ1) is 16.0. The molecule has 0 aromatic heterocycles. The maximum atomic E-state index is 6.40. The lowest BCUT2D eigenvalue weighted by molar-refractivity contribution is 0.127. The van der Waals surface area contributed by atoms with Crippen LogP contribution >= 0.6 is 15.9 Å². The van der Waals surface area contributed by atoms with E-state index in [0.717, 1.165) is 24.9 Å². The molecule has 2 N–H and O–H groups in total. The molecule has 0 amide bonds. The van der Waals surface area contributed by atoms with Crippen molar-refractivity contribution in [3.05, 3.63) is 34.3 Å². The highest BCUT2D eigenvalue weighted by molar-refractivity contribution is 9.10. The van der Waals surface area contributed by atoms with E-state index in [1.165, 1.54) is 22.9 Å². The van der Waals surface area contributed by atoms with Crippen molar-refractivity contribution in [1.29, 1.82) is 0 Å². The Morgan fingerprint density at radius 1 is 1.25 bits per heavy atom. The zero-order chi connectivity index (χ0) is 14.7. The Labute approximate surface area is 131 Å². The number of nitrogens with two attached hydrogens (primary N) is 1. The number of benzene rings is 1. The first-order valence-electron chi connectivity index (χ1n) is 7.65. The molecular weight excluding hydrogens is 312 g/mol. The summed E-state index contributed by atoms with van der Waals surface area (Å²) in [5, 5.41) is 0. The second-order valence-electron chi connectivity index (χ2n) is 6.67. The molecule has 4 unspecified atom stereocenters. The number of hydrogen-bond acceptors (Lipinski definition) is 2. The third-order valence-electron chi connectivity index (χ3n) is 4.65. The summed E-state index contributed by atoms with van der Waals surface area (Å²) in [6, 6.07) is 8.82. The van der Waals surface area contributed by atoms with Crippen LogP contribution in [0.2, 0.25) is 0 Å². The van der Waals surface area contributed by atoms with Gasteiger partial charge in [-0.2, -0.15) is 0 Å². The van der Waals surface area contributed by atoms with Crippen molar-refractivity contribution >= 4 is 15.9 Å². The van der Waals surface area contributed by atoms with Gasteiger partial charge in [0.1, 0.15) is 0 Å². The van der Waals surface area contributed by atoms with Crippen LogP contribution in [0.25, 0.3) is 0 Å². The van der Waals surface area contributed by atoms with Gasteiger partial charge in [0, 0.05) is 23.6 Å². The lowest BCUT2D eigenvalue weighted by Gasteiger charge is -2.39. The van der Waals surface area contributed by atoms with Crippen molar-refractivity contribution in [3.8, 4) is 0 Å². The van der Waals surface area contributed by atoms with Gasteiger partial charge < -0.3 is 10.6 Å². The molecule has 1 fully saturated rings. The fourth-order valence-corrected chi connectivity index (χ4v) is 4.03. The van der Waals surface area contributed by atoms with E-state index in [1.807, 2.05) is 0 Å². The van der Waals surface area contributed by atoms with Gasteiger partial charge in [-0.3, -0.25) is 0 Å². The smallest absolute Gasteiger partial charge is 0.0242 e. The Balaban J connectivity index is 1.94. The summed E-state index contributed by atoms with van der Waals surface area (Å²) in [6.07, 6.45) is 2.50. The highest BCUT2D eigenvalue weighted by Gasteiger charge is 2.32. The van der Waals surface area contributed by atoms with Gasteiger partial charge in [0.15, 0.2) is 0 Å². The highest BCUT2D eigenvalue weighted by Crippen LogP contribution is 2.33. The molecule has 20 heavy (non-hydrogen) atoms. The summed E-state index contributed by atoms with van der Waals surface area (Å²) in [4.78, 5) is 2.41. The van der Waals surface area contributed by atoms with Crippen molar-refractivity contribution in [2.45, 2.75) is 39.3 Å². The Hall–Kier alpha value is -0.380. The van der Waals surface area contributed by atoms with Crippen LogP contribution in [0.15, 0.2) is 28.7 Å². The topological polar surface area (TPSA) is 29.3 Å². The molecule has 1 aliphatic carbocycles. The average molecular weight is 339 g/mol. The van der Waals surface area contributed by atoms with E-state index in [4.69, 9.17) is 5.73 Å². The summed E-state index contributed by atoms with van der Waals surface area (Å²) < 4.78 is 1.20. The van der Waals surface area contributed by atoms with E-state index >= 15 is 0 Å². The van der Waals surface area contributed by atoms with E-state index in [0.29, 0.717) is 12.0 Å². The van der Waals surface area contributed by atoms with E-state index < -0.39 is 0 Å². The number of hydrogen-bond donors (Lipinski definition) is 1. The fraction of sp³-hybridized carbons (Fsp3) is 0.647. The summed E-state index contributed by atoms with van der Waals surface area (Å²) in [5.41, 5.74) is 7.74. The number of nitrogens with zero attached hydrogens (tertiary/aromatic N) is 1. The van der Waals surface area contributed by atoms with Crippen molar-refractivity contribution in [1.82, 2.24) is 4.90 Å². The standard InChI is InChI=1S/C17H27BrN2/c1-12-8-13(2)15(17(19)9-12)11-20(3)10-14-6-4-5-7-16(14)18/h4-7,12-13,15,17H,8-11,19H2,1-3H3. The number of halogens is 1. The molecule has 0 bridgehead atoms. The third kappa shape index (κ3) is 4.06. The van der Waals surface area contributed by atoms with Gasteiger partial charge in [0.25, 0.3) is 0 Å².